The highest BCUT2D eigenvalue weighted by molar-refractivity contribution is 6.30. The lowest BCUT2D eigenvalue weighted by Crippen LogP contribution is -2.40. The number of hydrogen-bond acceptors (Lipinski definition) is 2. The Morgan fingerprint density at radius 1 is 1.43 bits per heavy atom. The van der Waals surface area contributed by atoms with E-state index in [1.54, 1.807) is 0 Å². The number of hydrogen-bond donors (Lipinski definition) is 1. The molecule has 0 heterocycles. The zero-order valence-corrected chi connectivity index (χ0v) is 12.9. The zero-order valence-electron chi connectivity index (χ0n) is 12.2. The van der Waals surface area contributed by atoms with E-state index in [1.807, 2.05) is 13.8 Å². The Balaban J connectivity index is 2.60. The summed E-state index contributed by atoms with van der Waals surface area (Å²) in [5.74, 6) is -1.06. The second kappa shape index (κ2) is 7.78. The highest BCUT2D eigenvalue weighted by Crippen LogP contribution is 2.16. The molecule has 1 aromatic carbocycles. The van der Waals surface area contributed by atoms with Crippen LogP contribution in [0, 0.1) is 5.82 Å². The molecule has 1 rings (SSSR count). The van der Waals surface area contributed by atoms with E-state index < -0.39 is 5.82 Å². The summed E-state index contributed by atoms with van der Waals surface area (Å²) < 4.78 is 13.0. The molecule has 1 aromatic rings. The highest BCUT2D eigenvalue weighted by atomic mass is 35.5. The number of rotatable bonds is 5. The van der Waals surface area contributed by atoms with Gasteiger partial charge in [-0.1, -0.05) is 17.7 Å². The van der Waals surface area contributed by atoms with Gasteiger partial charge in [0.2, 0.25) is 11.8 Å². The monoisotopic (exact) mass is 312 g/mol. The van der Waals surface area contributed by atoms with Gasteiger partial charge in [0.05, 0.1) is 11.6 Å². The Morgan fingerprint density at radius 3 is 2.67 bits per heavy atom. The summed E-state index contributed by atoms with van der Waals surface area (Å²) >= 11 is 5.65. The molecule has 0 fully saturated rings. The maximum atomic E-state index is 13.0. The molecule has 1 N–H and O–H groups in total. The zero-order chi connectivity index (χ0) is 16.0. The Hall–Kier alpha value is -1.88. The summed E-state index contributed by atoms with van der Waals surface area (Å²) in [6.45, 7) is 3.67. The fraction of sp³-hybridized carbons (Fsp3) is 0.333. The molecule has 21 heavy (non-hydrogen) atoms. The first-order valence-corrected chi connectivity index (χ1v) is 6.85. The molecule has 0 bridgehead atoms. The van der Waals surface area contributed by atoms with E-state index in [0.717, 1.165) is 0 Å². The maximum Gasteiger partial charge on any atom is 0.246 e. The minimum atomic E-state index is -0.511. The summed E-state index contributed by atoms with van der Waals surface area (Å²) in [6, 6.07) is 4.19. The molecule has 2 amide bonds. The number of carbonyl (C=O) groups is 2. The van der Waals surface area contributed by atoms with Gasteiger partial charge in [-0.25, -0.2) is 4.39 Å². The Bertz CT molecular complexity index is 559. The van der Waals surface area contributed by atoms with Crippen LogP contribution in [0.4, 0.5) is 4.39 Å². The van der Waals surface area contributed by atoms with Crippen molar-refractivity contribution in [1.29, 1.82) is 0 Å². The minimum Gasteiger partial charge on any atom is -0.352 e. The Morgan fingerprint density at radius 2 is 2.10 bits per heavy atom. The van der Waals surface area contributed by atoms with Crippen LogP contribution in [0.25, 0.3) is 6.08 Å². The van der Waals surface area contributed by atoms with Gasteiger partial charge in [-0.3, -0.25) is 9.59 Å². The van der Waals surface area contributed by atoms with Crippen LogP contribution >= 0.6 is 11.6 Å². The van der Waals surface area contributed by atoms with Crippen molar-refractivity contribution >= 4 is 29.5 Å². The predicted octanol–water partition coefficient (Wildman–Crippen LogP) is 2.48. The summed E-state index contributed by atoms with van der Waals surface area (Å²) in [4.78, 5) is 24.7. The van der Waals surface area contributed by atoms with Crippen molar-refractivity contribution in [3.05, 3.63) is 40.7 Å². The number of nitrogens with zero attached hydrogens (tertiary/aromatic N) is 1. The lowest BCUT2D eigenvalue weighted by molar-refractivity contribution is -0.131. The largest absolute Gasteiger partial charge is 0.352 e. The number of likely N-dealkylation sites (N-methyl/N-ethyl adjacent to an activating group) is 1. The van der Waals surface area contributed by atoms with Crippen LogP contribution in [0.2, 0.25) is 5.02 Å². The third-order valence-electron chi connectivity index (χ3n) is 2.57. The van der Waals surface area contributed by atoms with Gasteiger partial charge in [-0.2, -0.15) is 0 Å². The molecule has 6 heteroatoms. The van der Waals surface area contributed by atoms with Crippen LogP contribution in [-0.4, -0.2) is 36.3 Å². The average Bonchev–Trinajstić information content (AvgIpc) is 2.38. The maximum absolute atomic E-state index is 13.0. The molecular formula is C15H18ClFN2O2. The molecule has 0 unspecified atom stereocenters. The normalized spacial score (nSPS) is 11.0. The van der Waals surface area contributed by atoms with Crippen LogP contribution in [0.15, 0.2) is 24.3 Å². The second-order valence-electron chi connectivity index (χ2n) is 4.92. The fourth-order valence-corrected chi connectivity index (χ4v) is 1.76. The summed E-state index contributed by atoms with van der Waals surface area (Å²) in [7, 11) is 1.53. The first-order valence-electron chi connectivity index (χ1n) is 6.47. The van der Waals surface area contributed by atoms with E-state index in [1.165, 1.54) is 42.3 Å². The van der Waals surface area contributed by atoms with Crippen LogP contribution in [-0.2, 0) is 9.59 Å². The van der Waals surface area contributed by atoms with Crippen molar-refractivity contribution in [1.82, 2.24) is 10.2 Å². The number of nitrogens with one attached hydrogen (secondary N) is 1. The molecule has 0 aliphatic rings. The molecule has 0 aliphatic carbocycles. The molecule has 0 aromatic heterocycles. The molecule has 0 spiro atoms. The van der Waals surface area contributed by atoms with Gasteiger partial charge >= 0.3 is 0 Å². The van der Waals surface area contributed by atoms with Gasteiger partial charge in [0, 0.05) is 19.2 Å². The third-order valence-corrected chi connectivity index (χ3v) is 2.86. The van der Waals surface area contributed by atoms with Crippen molar-refractivity contribution in [2.24, 2.45) is 0 Å². The van der Waals surface area contributed by atoms with Gasteiger partial charge < -0.3 is 10.2 Å². The number of carbonyl (C=O) groups excluding carboxylic acids is 2. The lowest BCUT2D eigenvalue weighted by atomic mass is 10.2. The standard InChI is InChI=1S/C15H18ClFN2O2/c1-10(2)18-14(20)9-19(3)15(21)7-5-11-4-6-13(17)12(16)8-11/h4-8,10H,9H2,1-3H3,(H,18,20)/b7-5+. The van der Waals surface area contributed by atoms with Gasteiger partial charge in [0.25, 0.3) is 0 Å². The van der Waals surface area contributed by atoms with E-state index in [2.05, 4.69) is 5.32 Å². The quantitative estimate of drug-likeness (QED) is 0.849. The number of benzene rings is 1. The molecule has 114 valence electrons. The minimum absolute atomic E-state index is 0.00531. The molecule has 4 nitrogen and oxygen atoms in total. The third kappa shape index (κ3) is 5.95. The first kappa shape index (κ1) is 17.2. The van der Waals surface area contributed by atoms with Gasteiger partial charge in [0.1, 0.15) is 5.82 Å². The summed E-state index contributed by atoms with van der Waals surface area (Å²) in [6.07, 6.45) is 2.83. The average molecular weight is 313 g/mol. The topological polar surface area (TPSA) is 49.4 Å². The van der Waals surface area contributed by atoms with E-state index in [-0.39, 0.29) is 29.4 Å². The first-order chi connectivity index (χ1) is 9.79. The van der Waals surface area contributed by atoms with E-state index in [9.17, 15) is 14.0 Å². The smallest absolute Gasteiger partial charge is 0.246 e. The molecule has 0 atom stereocenters. The number of amides is 2. The van der Waals surface area contributed by atoms with Crippen molar-refractivity contribution in [2.45, 2.75) is 19.9 Å². The molecule has 0 saturated heterocycles. The van der Waals surface area contributed by atoms with Gasteiger partial charge in [0.15, 0.2) is 0 Å². The second-order valence-corrected chi connectivity index (χ2v) is 5.33. The predicted molar refractivity (Wildman–Crippen MR) is 81.4 cm³/mol. The Labute approximate surface area is 128 Å². The van der Waals surface area contributed by atoms with Crippen LogP contribution < -0.4 is 5.32 Å². The van der Waals surface area contributed by atoms with Crippen LogP contribution in [0.3, 0.4) is 0 Å². The summed E-state index contributed by atoms with van der Waals surface area (Å²) in [5.41, 5.74) is 0.606. The van der Waals surface area contributed by atoms with E-state index in [4.69, 9.17) is 11.6 Å². The lowest BCUT2D eigenvalue weighted by Gasteiger charge is -2.16. The van der Waals surface area contributed by atoms with Gasteiger partial charge in [-0.05, 0) is 37.6 Å². The van der Waals surface area contributed by atoms with E-state index in [0.29, 0.717) is 5.56 Å². The molecule has 0 aliphatic heterocycles. The van der Waals surface area contributed by atoms with Crippen molar-refractivity contribution in [3.63, 3.8) is 0 Å². The van der Waals surface area contributed by atoms with Gasteiger partial charge in [-0.15, -0.1) is 0 Å². The fourth-order valence-electron chi connectivity index (χ4n) is 1.57. The number of halogens is 2. The molecule has 0 saturated carbocycles. The highest BCUT2D eigenvalue weighted by Gasteiger charge is 2.11. The molecular weight excluding hydrogens is 295 g/mol. The SMILES string of the molecule is CC(C)NC(=O)CN(C)C(=O)/C=C/c1ccc(F)c(Cl)c1. The summed E-state index contributed by atoms with van der Waals surface area (Å²) in [5, 5.41) is 2.69. The van der Waals surface area contributed by atoms with Crippen molar-refractivity contribution in [3.8, 4) is 0 Å². The van der Waals surface area contributed by atoms with Crippen LogP contribution in [0.1, 0.15) is 19.4 Å². The van der Waals surface area contributed by atoms with Crippen molar-refractivity contribution in [2.75, 3.05) is 13.6 Å². The van der Waals surface area contributed by atoms with E-state index >= 15 is 0 Å². The molecule has 0 radical (unpaired) electrons. The Kier molecular flexibility index (Phi) is 6.37. The van der Waals surface area contributed by atoms with Crippen LogP contribution in [0.5, 0.6) is 0 Å². The van der Waals surface area contributed by atoms with Crippen molar-refractivity contribution < 1.29 is 14.0 Å².